The Bertz CT molecular complexity index is 1150. The van der Waals surface area contributed by atoms with Gasteiger partial charge in [0.05, 0.1) is 22.3 Å². The van der Waals surface area contributed by atoms with Gasteiger partial charge < -0.3 is 9.80 Å². The predicted octanol–water partition coefficient (Wildman–Crippen LogP) is 5.08. The van der Waals surface area contributed by atoms with E-state index in [4.69, 9.17) is 0 Å². The Balaban J connectivity index is 0.000000172. The molecule has 9 heteroatoms. The van der Waals surface area contributed by atoms with Crippen molar-refractivity contribution in [3.63, 3.8) is 0 Å². The van der Waals surface area contributed by atoms with Crippen LogP contribution in [0.4, 0.5) is 4.39 Å². The van der Waals surface area contributed by atoms with Gasteiger partial charge in [0.15, 0.2) is 0 Å². The summed E-state index contributed by atoms with van der Waals surface area (Å²) in [6.45, 7) is 6.66. The molecule has 5 rings (SSSR count). The van der Waals surface area contributed by atoms with Gasteiger partial charge >= 0.3 is 0 Å². The first-order valence-electron chi connectivity index (χ1n) is 12.5. The highest BCUT2D eigenvalue weighted by Crippen LogP contribution is 2.35. The van der Waals surface area contributed by atoms with Gasteiger partial charge in [-0.3, -0.25) is 14.3 Å². The van der Waals surface area contributed by atoms with Gasteiger partial charge in [0.25, 0.3) is 5.91 Å². The quantitative estimate of drug-likeness (QED) is 0.474. The minimum Gasteiger partial charge on any atom is -0.343 e. The zero-order chi connectivity index (χ0) is 24.9. The molecule has 0 radical (unpaired) electrons. The number of aryl methyl sites for hydroxylation is 1. The molecule has 0 N–H and O–H groups in total. The first-order chi connectivity index (χ1) is 16.8. The molecule has 1 aliphatic heterocycles. The molecule has 2 fully saturated rings. The first-order valence-corrected chi connectivity index (χ1v) is 13.3. The first kappa shape index (κ1) is 25.3. The van der Waals surface area contributed by atoms with Gasteiger partial charge in [-0.1, -0.05) is 25.1 Å². The van der Waals surface area contributed by atoms with E-state index in [1.54, 1.807) is 22.0 Å². The Labute approximate surface area is 209 Å². The zero-order valence-corrected chi connectivity index (χ0v) is 21.6. The molecule has 1 aliphatic carbocycles. The summed E-state index contributed by atoms with van der Waals surface area (Å²) in [5, 5.41) is 8.42. The number of rotatable bonds is 6. The topological polar surface area (TPSA) is 71.3 Å². The lowest BCUT2D eigenvalue weighted by atomic mass is 9.99. The highest BCUT2D eigenvalue weighted by atomic mass is 32.1. The molecule has 2 aliphatic rings. The van der Waals surface area contributed by atoms with Crippen molar-refractivity contribution in [2.24, 2.45) is 0 Å². The molecule has 7 nitrogen and oxygen atoms in total. The van der Waals surface area contributed by atoms with Crippen molar-refractivity contribution in [1.29, 1.82) is 0 Å². The fourth-order valence-electron chi connectivity index (χ4n) is 4.39. The molecule has 3 heterocycles. The zero-order valence-electron chi connectivity index (χ0n) is 20.7. The third-order valence-corrected chi connectivity index (χ3v) is 7.78. The van der Waals surface area contributed by atoms with Crippen LogP contribution in [0.1, 0.15) is 73.5 Å². The Morgan fingerprint density at radius 1 is 1.20 bits per heavy atom. The van der Waals surface area contributed by atoms with Crippen molar-refractivity contribution in [2.75, 3.05) is 20.1 Å². The minimum absolute atomic E-state index is 0.0165. The summed E-state index contributed by atoms with van der Waals surface area (Å²) in [6.07, 6.45) is 9.66. The number of amides is 2. The largest absolute Gasteiger partial charge is 0.343 e. The smallest absolute Gasteiger partial charge is 0.263 e. The van der Waals surface area contributed by atoms with Crippen molar-refractivity contribution in [3.05, 3.63) is 46.9 Å². The van der Waals surface area contributed by atoms with Gasteiger partial charge in [-0.15, -0.1) is 16.4 Å². The average molecular weight is 500 g/mol. The van der Waals surface area contributed by atoms with E-state index in [1.807, 2.05) is 24.1 Å². The number of nitrogens with zero attached hydrogens (tertiary/aromatic N) is 5. The summed E-state index contributed by atoms with van der Waals surface area (Å²) in [6, 6.07) is 5.57. The van der Waals surface area contributed by atoms with Crippen LogP contribution in [0.2, 0.25) is 0 Å². The molecule has 1 saturated heterocycles. The Morgan fingerprint density at radius 3 is 2.57 bits per heavy atom. The van der Waals surface area contributed by atoms with Crippen molar-refractivity contribution < 1.29 is 14.0 Å². The molecule has 0 atom stereocenters. The van der Waals surface area contributed by atoms with Crippen LogP contribution >= 0.6 is 11.3 Å². The van der Waals surface area contributed by atoms with E-state index < -0.39 is 0 Å². The molecular formula is C26H34FN5O2S. The molecule has 3 aromatic rings. The molecule has 1 saturated carbocycles. The molecule has 0 unspecified atom stereocenters. The molecule has 0 spiro atoms. The van der Waals surface area contributed by atoms with Gasteiger partial charge in [-0.05, 0) is 61.1 Å². The second-order valence-corrected chi connectivity index (χ2v) is 10.7. The van der Waals surface area contributed by atoms with E-state index in [0.717, 1.165) is 49.7 Å². The fraction of sp³-hybridized carbons (Fsp3) is 0.538. The van der Waals surface area contributed by atoms with Gasteiger partial charge in [0.2, 0.25) is 5.91 Å². The van der Waals surface area contributed by atoms with Crippen LogP contribution in [-0.2, 0) is 11.3 Å². The lowest BCUT2D eigenvalue weighted by molar-refractivity contribution is -0.132. The summed E-state index contributed by atoms with van der Waals surface area (Å²) in [5.41, 5.74) is 1.10. The second-order valence-electron chi connectivity index (χ2n) is 9.65. The van der Waals surface area contributed by atoms with Gasteiger partial charge in [-0.2, -0.15) is 0 Å². The molecule has 1 aromatic carbocycles. The molecule has 188 valence electrons. The monoisotopic (exact) mass is 499 g/mol. The fourth-order valence-corrected chi connectivity index (χ4v) is 5.47. The van der Waals surface area contributed by atoms with Crippen LogP contribution in [0.5, 0.6) is 0 Å². The molecule has 0 bridgehead atoms. The van der Waals surface area contributed by atoms with Crippen molar-refractivity contribution in [1.82, 2.24) is 24.8 Å². The Morgan fingerprint density at radius 2 is 1.94 bits per heavy atom. The van der Waals surface area contributed by atoms with Crippen LogP contribution in [0.25, 0.3) is 10.1 Å². The van der Waals surface area contributed by atoms with E-state index in [-0.39, 0.29) is 17.6 Å². The average Bonchev–Trinajstić information content (AvgIpc) is 3.39. The lowest BCUT2D eigenvalue weighted by Gasteiger charge is -2.26. The van der Waals surface area contributed by atoms with Crippen LogP contribution in [-0.4, -0.2) is 62.8 Å². The Hall–Kier alpha value is -2.81. The molecular weight excluding hydrogens is 465 g/mol. The van der Waals surface area contributed by atoms with Crippen LogP contribution in [0, 0.1) is 5.82 Å². The molecule has 2 aromatic heterocycles. The van der Waals surface area contributed by atoms with Gasteiger partial charge in [0.1, 0.15) is 5.82 Å². The van der Waals surface area contributed by atoms with E-state index in [9.17, 15) is 14.0 Å². The SMILES string of the molecule is CC(C)c1ccc(F)c2sc(C(=O)N(C)C3CC3)cc12.O=C(CCn1ccnn1)N1CCCCC1. The minimum atomic E-state index is -0.234. The number of thiophene rings is 1. The number of likely N-dealkylation sites (tertiary alicyclic amines) is 1. The Kier molecular flexibility index (Phi) is 8.15. The van der Waals surface area contributed by atoms with Crippen LogP contribution in [0.3, 0.4) is 0 Å². The number of carbonyl (C=O) groups is 2. The number of benzene rings is 1. The third-order valence-electron chi connectivity index (χ3n) is 6.65. The van der Waals surface area contributed by atoms with E-state index in [0.29, 0.717) is 34.5 Å². The predicted molar refractivity (Wildman–Crippen MR) is 136 cm³/mol. The maximum Gasteiger partial charge on any atom is 0.263 e. The molecule has 35 heavy (non-hydrogen) atoms. The number of hydrogen-bond acceptors (Lipinski definition) is 5. The lowest BCUT2D eigenvalue weighted by Crippen LogP contribution is -2.36. The van der Waals surface area contributed by atoms with E-state index >= 15 is 0 Å². The number of aromatic nitrogens is 3. The number of carbonyl (C=O) groups excluding carboxylic acids is 2. The maximum atomic E-state index is 14.0. The summed E-state index contributed by atoms with van der Waals surface area (Å²) in [5.74, 6) is 0.340. The van der Waals surface area contributed by atoms with Gasteiger partial charge in [-0.25, -0.2) is 4.39 Å². The number of fused-ring (bicyclic) bond motifs is 1. The van der Waals surface area contributed by atoms with E-state index in [1.165, 1.54) is 23.8 Å². The third kappa shape index (κ3) is 6.25. The van der Waals surface area contributed by atoms with Crippen LogP contribution in [0.15, 0.2) is 30.6 Å². The highest BCUT2D eigenvalue weighted by Gasteiger charge is 2.31. The van der Waals surface area contributed by atoms with Crippen molar-refractivity contribution >= 4 is 33.2 Å². The summed E-state index contributed by atoms with van der Waals surface area (Å²) in [4.78, 5) is 28.5. The van der Waals surface area contributed by atoms with Gasteiger partial charge in [0, 0.05) is 38.8 Å². The van der Waals surface area contributed by atoms with E-state index in [2.05, 4.69) is 24.2 Å². The second kappa shape index (κ2) is 11.3. The number of halogens is 1. The number of piperidine rings is 1. The van der Waals surface area contributed by atoms with Crippen molar-refractivity contribution in [3.8, 4) is 0 Å². The standard InChI is InChI=1S/C16H18FNOS.C10H16N4O/c1-9(2)11-6-7-13(17)15-12(11)8-14(20-15)16(19)18(3)10-4-5-10;15-10(13-6-2-1-3-7-13)4-8-14-9-5-11-12-14/h6-10H,4-5H2,1-3H3;5,9H,1-4,6-8H2. The summed E-state index contributed by atoms with van der Waals surface area (Å²) < 4.78 is 16.3. The summed E-state index contributed by atoms with van der Waals surface area (Å²) in [7, 11) is 1.84. The highest BCUT2D eigenvalue weighted by molar-refractivity contribution is 7.20. The van der Waals surface area contributed by atoms with Crippen molar-refractivity contribution in [2.45, 2.75) is 70.9 Å². The number of hydrogen-bond donors (Lipinski definition) is 0. The normalized spacial score (nSPS) is 15.7. The van der Waals surface area contributed by atoms with Crippen LogP contribution < -0.4 is 0 Å². The maximum absolute atomic E-state index is 14.0. The molecule has 2 amide bonds. The summed E-state index contributed by atoms with van der Waals surface area (Å²) >= 11 is 1.27.